The van der Waals surface area contributed by atoms with Crippen LogP contribution in [0.5, 0.6) is 0 Å². The standard InChI is InChI=1S/C14H15N2O2.BrH/c15-18-11-12-5-4-8-16(9-12)10-14(17)13-6-2-1-3-7-13;/h1-9H,10-11,15H2;1H/q+1;. The zero-order valence-electron chi connectivity index (χ0n) is 10.4. The van der Waals surface area contributed by atoms with Crippen LogP contribution in [-0.2, 0) is 18.0 Å². The van der Waals surface area contributed by atoms with Crippen molar-refractivity contribution in [2.45, 2.75) is 13.2 Å². The van der Waals surface area contributed by atoms with Crippen LogP contribution in [0.3, 0.4) is 0 Å². The van der Waals surface area contributed by atoms with E-state index in [9.17, 15) is 4.79 Å². The summed E-state index contributed by atoms with van der Waals surface area (Å²) >= 11 is 0. The van der Waals surface area contributed by atoms with Gasteiger partial charge in [0.05, 0.1) is 6.61 Å². The fourth-order valence-electron chi connectivity index (χ4n) is 1.74. The average molecular weight is 324 g/mol. The summed E-state index contributed by atoms with van der Waals surface area (Å²) in [6.45, 7) is 0.642. The summed E-state index contributed by atoms with van der Waals surface area (Å²) in [5.74, 6) is 5.10. The number of nitrogens with zero attached hydrogens (tertiary/aromatic N) is 1. The number of Topliss-reactive ketones (excluding diaryl/α,β-unsaturated/α-hetero) is 1. The van der Waals surface area contributed by atoms with Gasteiger partial charge in [-0.3, -0.25) is 9.63 Å². The molecule has 2 N–H and O–H groups in total. The summed E-state index contributed by atoms with van der Waals surface area (Å²) in [6.07, 6.45) is 3.70. The first-order chi connectivity index (χ1) is 8.79. The summed E-state index contributed by atoms with van der Waals surface area (Å²) in [7, 11) is 0. The number of carbonyl (C=O) groups is 1. The van der Waals surface area contributed by atoms with Crippen LogP contribution in [0.15, 0.2) is 54.9 Å². The molecule has 0 aliphatic rings. The molecule has 0 spiro atoms. The maximum absolute atomic E-state index is 12.0. The summed E-state index contributed by atoms with van der Waals surface area (Å²) in [5.41, 5.74) is 1.64. The Bertz CT molecular complexity index is 532. The Morgan fingerprint density at radius 3 is 2.58 bits per heavy atom. The second-order valence-electron chi connectivity index (χ2n) is 3.98. The first kappa shape index (κ1) is 15.5. The molecule has 1 heterocycles. The Morgan fingerprint density at radius 1 is 1.16 bits per heavy atom. The molecule has 0 aliphatic carbocycles. The summed E-state index contributed by atoms with van der Waals surface area (Å²) in [5, 5.41) is 0. The van der Waals surface area contributed by atoms with Crippen molar-refractivity contribution < 1.29 is 14.2 Å². The van der Waals surface area contributed by atoms with E-state index in [1.54, 1.807) is 0 Å². The maximum atomic E-state index is 12.0. The lowest BCUT2D eigenvalue weighted by Crippen LogP contribution is -2.37. The average Bonchev–Trinajstić information content (AvgIpc) is 2.40. The molecule has 5 heteroatoms. The molecule has 0 radical (unpaired) electrons. The highest BCUT2D eigenvalue weighted by molar-refractivity contribution is 8.93. The number of aromatic nitrogens is 1. The van der Waals surface area contributed by atoms with Gasteiger partial charge in [-0.05, 0) is 6.07 Å². The van der Waals surface area contributed by atoms with Crippen LogP contribution in [0.1, 0.15) is 15.9 Å². The summed E-state index contributed by atoms with van der Waals surface area (Å²) in [6, 6.07) is 13.0. The van der Waals surface area contributed by atoms with E-state index >= 15 is 0 Å². The number of benzene rings is 1. The molecule has 2 rings (SSSR count). The minimum atomic E-state index is 0. The quantitative estimate of drug-likeness (QED) is 0.519. The summed E-state index contributed by atoms with van der Waals surface area (Å²) in [4.78, 5) is 16.6. The number of carbonyl (C=O) groups excluding carboxylic acids is 1. The van der Waals surface area contributed by atoms with Crippen molar-refractivity contribution >= 4 is 22.8 Å². The van der Waals surface area contributed by atoms with E-state index in [2.05, 4.69) is 4.84 Å². The van der Waals surface area contributed by atoms with E-state index in [1.807, 2.05) is 59.4 Å². The van der Waals surface area contributed by atoms with Crippen LogP contribution >= 0.6 is 17.0 Å². The first-order valence-electron chi connectivity index (χ1n) is 5.67. The van der Waals surface area contributed by atoms with E-state index in [-0.39, 0.29) is 22.8 Å². The van der Waals surface area contributed by atoms with Gasteiger partial charge in [0.2, 0.25) is 12.3 Å². The molecule has 0 bridgehead atoms. The van der Waals surface area contributed by atoms with Gasteiger partial charge in [0.15, 0.2) is 12.4 Å². The van der Waals surface area contributed by atoms with Crippen molar-refractivity contribution in [2.24, 2.45) is 5.90 Å². The fourth-order valence-corrected chi connectivity index (χ4v) is 1.74. The highest BCUT2D eigenvalue weighted by atomic mass is 79.9. The molecule has 1 aromatic heterocycles. The minimum absolute atomic E-state index is 0. The highest BCUT2D eigenvalue weighted by Gasteiger charge is 2.11. The predicted octanol–water partition coefficient (Wildman–Crippen LogP) is 1.83. The van der Waals surface area contributed by atoms with Gasteiger partial charge in [-0.2, -0.15) is 4.57 Å². The zero-order chi connectivity index (χ0) is 12.8. The normalized spacial score (nSPS) is 9.74. The first-order valence-corrected chi connectivity index (χ1v) is 5.67. The molecule has 1 aromatic carbocycles. The van der Waals surface area contributed by atoms with Crippen LogP contribution in [0.2, 0.25) is 0 Å². The number of halogens is 1. The number of hydrogen-bond donors (Lipinski definition) is 1. The van der Waals surface area contributed by atoms with E-state index in [0.29, 0.717) is 18.7 Å². The third-order valence-corrected chi connectivity index (χ3v) is 2.59. The van der Waals surface area contributed by atoms with E-state index < -0.39 is 0 Å². The van der Waals surface area contributed by atoms with Gasteiger partial charge in [-0.25, -0.2) is 5.90 Å². The molecule has 0 fully saturated rings. The predicted molar refractivity (Wildman–Crippen MR) is 76.7 cm³/mol. The second kappa shape index (κ2) is 7.78. The Balaban J connectivity index is 0.00000180. The Kier molecular flexibility index (Phi) is 6.35. The van der Waals surface area contributed by atoms with Crippen molar-refractivity contribution in [3.8, 4) is 0 Å². The van der Waals surface area contributed by atoms with Crippen LogP contribution < -0.4 is 10.5 Å². The largest absolute Gasteiger partial charge is 0.300 e. The van der Waals surface area contributed by atoms with Gasteiger partial charge in [-0.1, -0.05) is 30.3 Å². The fraction of sp³-hybridized carbons (Fsp3) is 0.143. The van der Waals surface area contributed by atoms with Gasteiger partial charge >= 0.3 is 0 Å². The lowest BCUT2D eigenvalue weighted by Gasteiger charge is -2.00. The molecule has 0 unspecified atom stereocenters. The van der Waals surface area contributed by atoms with E-state index in [1.165, 1.54) is 0 Å². The topological polar surface area (TPSA) is 56.2 Å². The number of rotatable bonds is 5. The Hall–Kier alpha value is -1.56. The second-order valence-corrected chi connectivity index (χ2v) is 3.98. The van der Waals surface area contributed by atoms with Crippen LogP contribution in [0, 0.1) is 0 Å². The Labute approximate surface area is 122 Å². The maximum Gasteiger partial charge on any atom is 0.227 e. The number of hydrogen-bond acceptors (Lipinski definition) is 3. The van der Waals surface area contributed by atoms with Crippen molar-refractivity contribution in [1.29, 1.82) is 0 Å². The van der Waals surface area contributed by atoms with Crippen molar-refractivity contribution in [3.05, 3.63) is 66.0 Å². The molecule has 0 aliphatic heterocycles. The smallest absolute Gasteiger partial charge is 0.227 e. The molecule has 0 saturated carbocycles. The van der Waals surface area contributed by atoms with Crippen LogP contribution in [0.4, 0.5) is 0 Å². The van der Waals surface area contributed by atoms with Gasteiger partial charge in [0.25, 0.3) is 0 Å². The van der Waals surface area contributed by atoms with E-state index in [0.717, 1.165) is 5.56 Å². The highest BCUT2D eigenvalue weighted by Crippen LogP contribution is 2.00. The third kappa shape index (κ3) is 4.55. The molecule has 2 aromatic rings. The molecule has 100 valence electrons. The lowest BCUT2D eigenvalue weighted by molar-refractivity contribution is -0.683. The molecule has 0 saturated heterocycles. The third-order valence-electron chi connectivity index (χ3n) is 2.59. The Morgan fingerprint density at radius 2 is 1.89 bits per heavy atom. The van der Waals surface area contributed by atoms with Gasteiger partial charge < -0.3 is 0 Å². The van der Waals surface area contributed by atoms with Gasteiger partial charge in [0.1, 0.15) is 0 Å². The minimum Gasteiger partial charge on any atom is -0.300 e. The number of nitrogens with two attached hydrogens (primary N) is 1. The monoisotopic (exact) mass is 323 g/mol. The van der Waals surface area contributed by atoms with Crippen LogP contribution in [0.25, 0.3) is 0 Å². The van der Waals surface area contributed by atoms with E-state index in [4.69, 9.17) is 5.90 Å². The van der Waals surface area contributed by atoms with Crippen LogP contribution in [-0.4, -0.2) is 5.78 Å². The summed E-state index contributed by atoms with van der Waals surface area (Å²) < 4.78 is 1.82. The van der Waals surface area contributed by atoms with Crippen molar-refractivity contribution in [1.82, 2.24) is 0 Å². The molecular weight excluding hydrogens is 308 g/mol. The lowest BCUT2D eigenvalue weighted by atomic mass is 10.1. The molecule has 4 nitrogen and oxygen atoms in total. The zero-order valence-corrected chi connectivity index (χ0v) is 12.1. The molecular formula is C14H16BrN2O2+. The van der Waals surface area contributed by atoms with Crippen molar-refractivity contribution in [2.75, 3.05) is 0 Å². The van der Waals surface area contributed by atoms with Gasteiger partial charge in [-0.15, -0.1) is 17.0 Å². The van der Waals surface area contributed by atoms with Crippen molar-refractivity contribution in [3.63, 3.8) is 0 Å². The molecule has 0 amide bonds. The number of ketones is 1. The van der Waals surface area contributed by atoms with Gasteiger partial charge in [0, 0.05) is 17.2 Å². The number of pyridine rings is 1. The molecule has 19 heavy (non-hydrogen) atoms. The molecule has 0 atom stereocenters. The SMILES string of the molecule is Br.NOCc1ccc[n+](CC(=O)c2ccccc2)c1.